The third kappa shape index (κ3) is 2.96. The van der Waals surface area contributed by atoms with Crippen LogP contribution in [0, 0.1) is 33.6 Å². The lowest BCUT2D eigenvalue weighted by Gasteiger charge is -2.26. The average molecular weight is 353 g/mol. The van der Waals surface area contributed by atoms with Gasteiger partial charge in [-0.1, -0.05) is 17.1 Å². The second-order valence-electron chi connectivity index (χ2n) is 7.11. The molecule has 6 heteroatoms. The average Bonchev–Trinajstić information content (AvgIpc) is 2.91. The molecule has 3 rings (SSSR count). The Hall–Kier alpha value is -2.76. The molecule has 2 aromatic heterocycles. The molecule has 1 N–H and O–H groups in total. The van der Waals surface area contributed by atoms with Crippen LogP contribution >= 0.6 is 0 Å². The maximum Gasteiger partial charge on any atom is 0.599 e. The van der Waals surface area contributed by atoms with Crippen LogP contribution in [-0.4, -0.2) is 26.8 Å². The van der Waals surface area contributed by atoms with Crippen LogP contribution in [0.25, 0.3) is 0 Å². The van der Waals surface area contributed by atoms with Crippen LogP contribution in [0.15, 0.2) is 35.0 Å². The Balaban J connectivity index is 2.22. The number of nitrogens with zero attached hydrogens (tertiary/aromatic N) is 4. The van der Waals surface area contributed by atoms with Crippen LogP contribution in [0.5, 0.6) is 0 Å². The van der Waals surface area contributed by atoms with E-state index in [0.29, 0.717) is 0 Å². The minimum absolute atomic E-state index is 0.0989. The van der Waals surface area contributed by atoms with E-state index in [1.807, 2.05) is 50.6 Å². The third-order valence-electron chi connectivity index (χ3n) is 5.24. The molecule has 0 saturated carbocycles. The van der Waals surface area contributed by atoms with Crippen LogP contribution in [0.3, 0.4) is 0 Å². The highest BCUT2D eigenvalue weighted by Crippen LogP contribution is 2.35. The van der Waals surface area contributed by atoms with E-state index in [2.05, 4.69) is 18.9 Å². The molecule has 2 aromatic rings. The molecule has 2 unspecified atom stereocenters. The second-order valence-corrected chi connectivity index (χ2v) is 7.11. The molecule has 0 radical (unpaired) electrons. The van der Waals surface area contributed by atoms with Gasteiger partial charge in [-0.3, -0.25) is 4.99 Å². The Morgan fingerprint density at radius 1 is 1.23 bits per heavy atom. The highest BCUT2D eigenvalue weighted by Gasteiger charge is 2.36. The molecule has 26 heavy (non-hydrogen) atoms. The molecule has 2 atom stereocenters. The van der Waals surface area contributed by atoms with Crippen molar-refractivity contribution in [3.05, 3.63) is 58.2 Å². The van der Waals surface area contributed by atoms with Crippen LogP contribution < -0.4 is 4.57 Å². The minimum atomic E-state index is -0.995. The van der Waals surface area contributed by atoms with Crippen LogP contribution in [0.4, 0.5) is 4.79 Å². The van der Waals surface area contributed by atoms with E-state index < -0.39 is 6.09 Å². The fourth-order valence-electron chi connectivity index (χ4n) is 3.46. The SMILES string of the molecule is CC1=CC(n2nc(C)cc2C)=NC(c2c(C)c(C)cc[n+]2C(=O)O)C1C. The number of aryl methyl sites for hydroxylation is 3. The van der Waals surface area contributed by atoms with E-state index in [9.17, 15) is 9.90 Å². The first-order valence-electron chi connectivity index (χ1n) is 8.75. The predicted molar refractivity (Wildman–Crippen MR) is 99.7 cm³/mol. The summed E-state index contributed by atoms with van der Waals surface area (Å²) < 4.78 is 3.12. The number of rotatable bonds is 1. The van der Waals surface area contributed by atoms with Gasteiger partial charge in [-0.2, -0.15) is 9.89 Å². The van der Waals surface area contributed by atoms with Gasteiger partial charge in [0.2, 0.25) is 5.69 Å². The second kappa shape index (κ2) is 6.52. The zero-order chi connectivity index (χ0) is 19.2. The molecule has 0 fully saturated rings. The zero-order valence-corrected chi connectivity index (χ0v) is 16.1. The molecule has 0 aliphatic carbocycles. The number of aliphatic imine (C=N–C) groups is 1. The van der Waals surface area contributed by atoms with Gasteiger partial charge < -0.3 is 5.11 Å². The summed E-state index contributed by atoms with van der Waals surface area (Å²) >= 11 is 0. The lowest BCUT2D eigenvalue weighted by molar-refractivity contribution is -0.595. The molecule has 0 amide bonds. The van der Waals surface area contributed by atoms with Crippen molar-refractivity contribution in [2.75, 3.05) is 0 Å². The van der Waals surface area contributed by atoms with Crippen molar-refractivity contribution in [3.8, 4) is 0 Å². The quantitative estimate of drug-likeness (QED) is 0.798. The Kier molecular flexibility index (Phi) is 4.52. The van der Waals surface area contributed by atoms with Crippen molar-refractivity contribution >= 4 is 11.9 Å². The predicted octanol–water partition coefficient (Wildman–Crippen LogP) is 3.51. The molecular formula is C20H25N4O2+. The van der Waals surface area contributed by atoms with Gasteiger partial charge in [-0.15, -0.1) is 0 Å². The highest BCUT2D eigenvalue weighted by atomic mass is 16.4. The minimum Gasteiger partial charge on any atom is -0.427 e. The lowest BCUT2D eigenvalue weighted by Crippen LogP contribution is -2.48. The molecule has 1 aliphatic rings. The van der Waals surface area contributed by atoms with Crippen LogP contribution in [0.2, 0.25) is 0 Å². The Morgan fingerprint density at radius 3 is 2.50 bits per heavy atom. The Labute approximate surface area is 153 Å². The number of carbonyl (C=O) groups is 1. The number of allylic oxidation sites excluding steroid dienone is 1. The number of pyridine rings is 1. The summed E-state index contributed by atoms with van der Waals surface area (Å²) in [5, 5.41) is 14.2. The summed E-state index contributed by atoms with van der Waals surface area (Å²) in [5.74, 6) is 0.843. The largest absolute Gasteiger partial charge is 0.599 e. The van der Waals surface area contributed by atoms with E-state index in [1.54, 1.807) is 6.20 Å². The zero-order valence-electron chi connectivity index (χ0n) is 16.1. The first kappa shape index (κ1) is 18.0. The molecule has 136 valence electrons. The standard InChI is InChI=1S/C20H24N4O2/c1-11-7-8-23(20(25)26)19(16(11)6)18-15(5)12(2)9-17(21-18)24-14(4)10-13(3)22-24/h7-10,15,18H,1-6H3/p+1. The summed E-state index contributed by atoms with van der Waals surface area (Å²) in [6.45, 7) is 12.1. The molecule has 0 spiro atoms. The van der Waals surface area contributed by atoms with Gasteiger partial charge in [-0.25, -0.2) is 4.68 Å². The summed E-state index contributed by atoms with van der Waals surface area (Å²) in [6, 6.07) is 3.55. The van der Waals surface area contributed by atoms with Crippen molar-refractivity contribution in [3.63, 3.8) is 0 Å². The maximum absolute atomic E-state index is 11.8. The summed E-state index contributed by atoms with van der Waals surface area (Å²) in [4.78, 5) is 16.7. The van der Waals surface area contributed by atoms with Gasteiger partial charge in [0, 0.05) is 23.2 Å². The lowest BCUT2D eigenvalue weighted by atomic mass is 9.87. The van der Waals surface area contributed by atoms with Crippen molar-refractivity contribution in [1.29, 1.82) is 0 Å². The number of dihydropyridines is 1. The number of hydrogen-bond acceptors (Lipinski definition) is 3. The van der Waals surface area contributed by atoms with Gasteiger partial charge in [0.25, 0.3) is 0 Å². The molecule has 1 aliphatic heterocycles. The fourth-order valence-corrected chi connectivity index (χ4v) is 3.46. The maximum atomic E-state index is 11.8. The first-order chi connectivity index (χ1) is 12.2. The van der Waals surface area contributed by atoms with Crippen molar-refractivity contribution in [1.82, 2.24) is 9.78 Å². The van der Waals surface area contributed by atoms with Gasteiger partial charge in [0.05, 0.1) is 5.69 Å². The number of aromatic nitrogens is 3. The Bertz CT molecular complexity index is 953. The van der Waals surface area contributed by atoms with Crippen LogP contribution in [-0.2, 0) is 0 Å². The summed E-state index contributed by atoms with van der Waals surface area (Å²) in [6.07, 6.45) is 2.65. The van der Waals surface area contributed by atoms with Gasteiger partial charge in [0.1, 0.15) is 11.9 Å². The normalized spacial score (nSPS) is 19.9. The molecule has 0 saturated heterocycles. The third-order valence-corrected chi connectivity index (χ3v) is 5.24. The molecule has 0 aromatic carbocycles. The summed E-state index contributed by atoms with van der Waals surface area (Å²) in [7, 11) is 0. The highest BCUT2D eigenvalue weighted by molar-refractivity contribution is 5.96. The van der Waals surface area contributed by atoms with Gasteiger partial charge in [-0.05, 0) is 52.3 Å². The molecular weight excluding hydrogens is 328 g/mol. The number of carboxylic acid groups (broad SMARTS) is 1. The molecule has 3 heterocycles. The summed E-state index contributed by atoms with van der Waals surface area (Å²) in [5.41, 5.74) is 5.82. The smallest absolute Gasteiger partial charge is 0.427 e. The van der Waals surface area contributed by atoms with E-state index in [1.165, 1.54) is 4.57 Å². The van der Waals surface area contributed by atoms with Gasteiger partial charge in [0.15, 0.2) is 6.20 Å². The first-order valence-corrected chi connectivity index (χ1v) is 8.75. The van der Waals surface area contributed by atoms with E-state index in [0.717, 1.165) is 39.6 Å². The van der Waals surface area contributed by atoms with E-state index in [-0.39, 0.29) is 12.0 Å². The van der Waals surface area contributed by atoms with Crippen LogP contribution in [0.1, 0.15) is 48.1 Å². The van der Waals surface area contributed by atoms with Crippen molar-refractivity contribution in [2.45, 2.75) is 47.6 Å². The van der Waals surface area contributed by atoms with E-state index in [4.69, 9.17) is 4.99 Å². The molecule has 0 bridgehead atoms. The molecule has 6 nitrogen and oxygen atoms in total. The monoisotopic (exact) mass is 353 g/mol. The van der Waals surface area contributed by atoms with E-state index >= 15 is 0 Å². The van der Waals surface area contributed by atoms with Gasteiger partial charge >= 0.3 is 6.09 Å². The topological polar surface area (TPSA) is 71.4 Å². The van der Waals surface area contributed by atoms with Crippen molar-refractivity contribution < 1.29 is 14.5 Å². The Morgan fingerprint density at radius 2 is 1.92 bits per heavy atom. The fraction of sp³-hybridized carbons (Fsp3) is 0.400. The number of hydrogen-bond donors (Lipinski definition) is 1. The van der Waals surface area contributed by atoms with Crippen molar-refractivity contribution in [2.24, 2.45) is 10.9 Å².